The molecule has 6 heteroatoms. The summed E-state index contributed by atoms with van der Waals surface area (Å²) in [5.41, 5.74) is 2.66. The molecule has 3 aromatic rings. The standard InChI is InChI=1S/C21H19FN4O/c22-17-4-3-5-18-19(17)21(10-1-2-11-21)14-25(18)20(27)15-6-8-16(9-7-15)26-13-12-23-24-26/h3-9,12-13H,1-2,10-11,14H2. The van der Waals surface area contributed by atoms with Gasteiger partial charge in [-0.1, -0.05) is 24.1 Å². The number of hydrogen-bond donors (Lipinski definition) is 0. The van der Waals surface area contributed by atoms with Crippen LogP contribution in [0.1, 0.15) is 41.6 Å². The minimum atomic E-state index is -0.225. The maximum absolute atomic E-state index is 14.7. The van der Waals surface area contributed by atoms with Crippen molar-refractivity contribution in [3.05, 3.63) is 71.8 Å². The Bertz CT molecular complexity index is 992. The van der Waals surface area contributed by atoms with Gasteiger partial charge in [-0.25, -0.2) is 9.07 Å². The van der Waals surface area contributed by atoms with Crippen LogP contribution in [-0.4, -0.2) is 27.4 Å². The molecule has 5 nitrogen and oxygen atoms in total. The molecule has 1 saturated carbocycles. The number of aromatic nitrogens is 3. The smallest absolute Gasteiger partial charge is 0.258 e. The molecule has 1 fully saturated rings. The molecule has 0 saturated heterocycles. The van der Waals surface area contributed by atoms with E-state index in [1.54, 1.807) is 40.2 Å². The minimum absolute atomic E-state index is 0.0873. The lowest BCUT2D eigenvalue weighted by Crippen LogP contribution is -2.35. The van der Waals surface area contributed by atoms with Crippen LogP contribution in [0.2, 0.25) is 0 Å². The Morgan fingerprint density at radius 2 is 1.85 bits per heavy atom. The zero-order valence-corrected chi connectivity index (χ0v) is 14.8. The van der Waals surface area contributed by atoms with E-state index in [4.69, 9.17) is 0 Å². The number of carbonyl (C=O) groups is 1. The van der Waals surface area contributed by atoms with Gasteiger partial charge < -0.3 is 4.90 Å². The number of amides is 1. The number of hydrogen-bond acceptors (Lipinski definition) is 3. The van der Waals surface area contributed by atoms with Crippen molar-refractivity contribution in [1.82, 2.24) is 15.0 Å². The number of fused-ring (bicyclic) bond motifs is 2. The highest BCUT2D eigenvalue weighted by atomic mass is 19.1. The molecule has 0 atom stereocenters. The third-order valence-electron chi connectivity index (χ3n) is 5.88. The molecule has 5 rings (SSSR count). The third kappa shape index (κ3) is 2.47. The Hall–Kier alpha value is -3.02. The fourth-order valence-corrected chi connectivity index (χ4v) is 4.63. The Morgan fingerprint density at radius 3 is 2.56 bits per heavy atom. The second kappa shape index (κ2) is 6.01. The second-order valence-corrected chi connectivity index (χ2v) is 7.41. The maximum atomic E-state index is 14.7. The van der Waals surface area contributed by atoms with Gasteiger partial charge in [-0.3, -0.25) is 4.79 Å². The van der Waals surface area contributed by atoms with E-state index in [1.165, 1.54) is 6.07 Å². The van der Waals surface area contributed by atoms with Gasteiger partial charge in [0.25, 0.3) is 5.91 Å². The normalized spacial score (nSPS) is 17.4. The van der Waals surface area contributed by atoms with Crippen molar-refractivity contribution in [2.45, 2.75) is 31.1 Å². The molecule has 0 radical (unpaired) electrons. The highest BCUT2D eigenvalue weighted by Gasteiger charge is 2.48. The van der Waals surface area contributed by atoms with Crippen LogP contribution >= 0.6 is 0 Å². The Morgan fingerprint density at radius 1 is 1.07 bits per heavy atom. The molecule has 136 valence electrons. The molecule has 0 N–H and O–H groups in total. The van der Waals surface area contributed by atoms with Crippen LogP contribution in [-0.2, 0) is 5.41 Å². The first kappa shape index (κ1) is 16.2. The zero-order valence-electron chi connectivity index (χ0n) is 14.8. The quantitative estimate of drug-likeness (QED) is 0.695. The summed E-state index contributed by atoms with van der Waals surface area (Å²) in [6.07, 6.45) is 7.41. The van der Waals surface area contributed by atoms with Gasteiger partial charge in [-0.2, -0.15) is 0 Å². The highest BCUT2D eigenvalue weighted by Crippen LogP contribution is 2.51. The molecule has 2 aromatic carbocycles. The second-order valence-electron chi connectivity index (χ2n) is 7.41. The zero-order chi connectivity index (χ0) is 18.4. The van der Waals surface area contributed by atoms with Crippen LogP contribution in [0.4, 0.5) is 10.1 Å². The number of halogens is 1. The SMILES string of the molecule is O=C(c1ccc(-n2ccnn2)cc1)N1CC2(CCCC2)c2c(F)cccc21. The van der Waals surface area contributed by atoms with E-state index in [0.29, 0.717) is 12.1 Å². The molecule has 0 unspecified atom stereocenters. The van der Waals surface area contributed by atoms with Crippen LogP contribution < -0.4 is 4.90 Å². The molecule has 1 aliphatic heterocycles. The van der Waals surface area contributed by atoms with E-state index in [1.807, 2.05) is 18.2 Å². The monoisotopic (exact) mass is 362 g/mol. The van der Waals surface area contributed by atoms with Crippen molar-refractivity contribution < 1.29 is 9.18 Å². The number of rotatable bonds is 2. The van der Waals surface area contributed by atoms with Crippen LogP contribution in [0, 0.1) is 5.82 Å². The van der Waals surface area contributed by atoms with E-state index < -0.39 is 0 Å². The van der Waals surface area contributed by atoms with Gasteiger partial charge in [0.05, 0.1) is 23.8 Å². The summed E-state index contributed by atoms with van der Waals surface area (Å²) >= 11 is 0. The molecule has 0 bridgehead atoms. The predicted molar refractivity (Wildman–Crippen MR) is 99.6 cm³/mol. The molecule has 2 heterocycles. The van der Waals surface area contributed by atoms with E-state index in [2.05, 4.69) is 10.3 Å². The number of carbonyl (C=O) groups excluding carboxylic acids is 1. The van der Waals surface area contributed by atoms with Gasteiger partial charge in [0, 0.05) is 23.1 Å². The molecule has 2 aliphatic rings. The largest absolute Gasteiger partial charge is 0.307 e. The number of anilines is 1. The average Bonchev–Trinajstić information content (AvgIpc) is 3.44. The first-order valence-electron chi connectivity index (χ1n) is 9.26. The lowest BCUT2D eigenvalue weighted by atomic mass is 9.80. The van der Waals surface area contributed by atoms with Crippen molar-refractivity contribution in [1.29, 1.82) is 0 Å². The van der Waals surface area contributed by atoms with Gasteiger partial charge in [0.15, 0.2) is 0 Å². The summed E-state index contributed by atoms with van der Waals surface area (Å²) in [5, 5.41) is 7.75. The molecule has 27 heavy (non-hydrogen) atoms. The maximum Gasteiger partial charge on any atom is 0.258 e. The summed E-state index contributed by atoms with van der Waals surface area (Å²) in [7, 11) is 0. The van der Waals surface area contributed by atoms with Gasteiger partial charge in [0.2, 0.25) is 0 Å². The Kier molecular flexibility index (Phi) is 3.60. The number of benzene rings is 2. The van der Waals surface area contributed by atoms with E-state index in [0.717, 1.165) is 42.6 Å². The summed E-state index contributed by atoms with van der Waals surface area (Å²) < 4.78 is 16.3. The van der Waals surface area contributed by atoms with Crippen molar-refractivity contribution >= 4 is 11.6 Å². The van der Waals surface area contributed by atoms with Crippen molar-refractivity contribution in [2.75, 3.05) is 11.4 Å². The van der Waals surface area contributed by atoms with Crippen molar-refractivity contribution in [2.24, 2.45) is 0 Å². The molecule has 1 spiro atoms. The fraction of sp³-hybridized carbons (Fsp3) is 0.286. The van der Waals surface area contributed by atoms with Gasteiger partial charge >= 0.3 is 0 Å². The summed E-state index contributed by atoms with van der Waals surface area (Å²) in [5.74, 6) is -0.276. The summed E-state index contributed by atoms with van der Waals surface area (Å²) in [6, 6.07) is 12.3. The minimum Gasteiger partial charge on any atom is -0.307 e. The molecular formula is C21H19FN4O. The molecular weight excluding hydrogens is 343 g/mol. The van der Waals surface area contributed by atoms with Gasteiger partial charge in [-0.05, 0) is 49.2 Å². The van der Waals surface area contributed by atoms with E-state index >= 15 is 0 Å². The highest BCUT2D eigenvalue weighted by molar-refractivity contribution is 6.07. The molecule has 1 aliphatic carbocycles. The Labute approximate surface area is 156 Å². The van der Waals surface area contributed by atoms with Crippen LogP contribution in [0.25, 0.3) is 5.69 Å². The van der Waals surface area contributed by atoms with Crippen molar-refractivity contribution in [3.8, 4) is 5.69 Å². The van der Waals surface area contributed by atoms with Crippen LogP contribution in [0.15, 0.2) is 54.9 Å². The third-order valence-corrected chi connectivity index (χ3v) is 5.88. The van der Waals surface area contributed by atoms with E-state index in [-0.39, 0.29) is 17.1 Å². The first-order chi connectivity index (χ1) is 13.2. The van der Waals surface area contributed by atoms with E-state index in [9.17, 15) is 9.18 Å². The lowest BCUT2D eigenvalue weighted by molar-refractivity contribution is 0.0985. The lowest BCUT2D eigenvalue weighted by Gasteiger charge is -2.25. The van der Waals surface area contributed by atoms with Crippen LogP contribution in [0.5, 0.6) is 0 Å². The van der Waals surface area contributed by atoms with Crippen molar-refractivity contribution in [3.63, 3.8) is 0 Å². The topological polar surface area (TPSA) is 51.0 Å². The Balaban J connectivity index is 1.50. The molecule has 1 aromatic heterocycles. The first-order valence-corrected chi connectivity index (χ1v) is 9.26. The van der Waals surface area contributed by atoms with Gasteiger partial charge in [0.1, 0.15) is 5.82 Å². The van der Waals surface area contributed by atoms with Gasteiger partial charge in [-0.15, -0.1) is 5.10 Å². The summed E-state index contributed by atoms with van der Waals surface area (Å²) in [4.78, 5) is 15.0. The fourth-order valence-electron chi connectivity index (χ4n) is 4.63. The van der Waals surface area contributed by atoms with Crippen LogP contribution in [0.3, 0.4) is 0 Å². The predicted octanol–water partition coefficient (Wildman–Crippen LogP) is 3.88. The molecule has 1 amide bonds. The number of nitrogens with zero attached hydrogens (tertiary/aromatic N) is 4. The summed E-state index contributed by atoms with van der Waals surface area (Å²) in [6.45, 7) is 0.562. The average molecular weight is 362 g/mol.